The Morgan fingerprint density at radius 2 is 0.786 bits per heavy atom. The van der Waals surface area contributed by atoms with Gasteiger partial charge in [-0.1, -0.05) is 0 Å². The van der Waals surface area contributed by atoms with Crippen LogP contribution in [0.15, 0.2) is 54.6 Å². The van der Waals surface area contributed by atoms with Crippen molar-refractivity contribution in [3.05, 3.63) is 71.3 Å². The number of aryl methyl sites for hydroxylation is 3. The average Bonchev–Trinajstić information content (AvgIpc) is 2.70. The summed E-state index contributed by atoms with van der Waals surface area (Å²) in [5.74, 6) is 2.69. The Labute approximate surface area is 172 Å². The van der Waals surface area contributed by atoms with Crippen LogP contribution in [0.4, 0.5) is 0 Å². The van der Waals surface area contributed by atoms with E-state index in [2.05, 4.69) is 75.4 Å². The molecule has 0 amide bonds. The summed E-state index contributed by atoms with van der Waals surface area (Å²) in [5, 5.41) is 0. The monoisotopic (exact) mass is 438 g/mol. The van der Waals surface area contributed by atoms with E-state index >= 15 is 0 Å². The molecule has 3 rings (SSSR count). The average molecular weight is 438 g/mol. The molecule has 3 nitrogen and oxygen atoms in total. The van der Waals surface area contributed by atoms with Crippen LogP contribution in [0, 0.1) is 20.8 Å². The molecular formula is C24H27AsO3. The zero-order chi connectivity index (χ0) is 20.3. The molecule has 4 heteroatoms. The normalized spacial score (nSPS) is 10.8. The van der Waals surface area contributed by atoms with Crippen LogP contribution in [-0.2, 0) is 0 Å². The first-order valence-corrected chi connectivity index (χ1v) is 12.0. The van der Waals surface area contributed by atoms with Gasteiger partial charge in [0.2, 0.25) is 0 Å². The first-order valence-electron chi connectivity index (χ1n) is 9.22. The number of benzene rings is 3. The Balaban J connectivity index is 2.23. The summed E-state index contributed by atoms with van der Waals surface area (Å²) in [6.07, 6.45) is 0. The van der Waals surface area contributed by atoms with Gasteiger partial charge in [0, 0.05) is 0 Å². The Morgan fingerprint density at radius 1 is 0.500 bits per heavy atom. The van der Waals surface area contributed by atoms with Crippen molar-refractivity contribution in [3.63, 3.8) is 0 Å². The van der Waals surface area contributed by atoms with Crippen molar-refractivity contribution in [1.29, 1.82) is 0 Å². The second-order valence-corrected chi connectivity index (χ2v) is 11.2. The van der Waals surface area contributed by atoms with Gasteiger partial charge in [-0.25, -0.2) is 0 Å². The molecule has 0 spiro atoms. The van der Waals surface area contributed by atoms with Gasteiger partial charge in [-0.3, -0.25) is 0 Å². The zero-order valence-electron chi connectivity index (χ0n) is 17.4. The van der Waals surface area contributed by atoms with Gasteiger partial charge in [-0.05, 0) is 0 Å². The molecule has 0 aromatic heterocycles. The molecule has 28 heavy (non-hydrogen) atoms. The van der Waals surface area contributed by atoms with Crippen molar-refractivity contribution in [2.75, 3.05) is 21.3 Å². The van der Waals surface area contributed by atoms with Gasteiger partial charge < -0.3 is 0 Å². The third kappa shape index (κ3) is 4.05. The van der Waals surface area contributed by atoms with Crippen molar-refractivity contribution >= 4 is 27.7 Å². The summed E-state index contributed by atoms with van der Waals surface area (Å²) < 4.78 is 20.5. The predicted molar refractivity (Wildman–Crippen MR) is 118 cm³/mol. The van der Waals surface area contributed by atoms with Gasteiger partial charge in [0.05, 0.1) is 0 Å². The predicted octanol–water partition coefficient (Wildman–Crippen LogP) is 3.15. The van der Waals surface area contributed by atoms with Crippen LogP contribution in [0.25, 0.3) is 0 Å². The molecule has 0 aliphatic heterocycles. The summed E-state index contributed by atoms with van der Waals surface area (Å²) in [6.45, 7) is 6.53. The van der Waals surface area contributed by atoms with Crippen LogP contribution < -0.4 is 27.3 Å². The van der Waals surface area contributed by atoms with Crippen LogP contribution in [0.5, 0.6) is 17.2 Å². The SMILES string of the molecule is COc1ccc([As](c2ccc(OC)cc2C)c2ccc(OC)cc2C)c(C)c1. The van der Waals surface area contributed by atoms with Crippen LogP contribution in [0.1, 0.15) is 16.7 Å². The van der Waals surface area contributed by atoms with Gasteiger partial charge in [0.1, 0.15) is 0 Å². The molecule has 0 aliphatic rings. The summed E-state index contributed by atoms with van der Waals surface area (Å²) in [6, 6.07) is 19.3. The molecule has 0 saturated carbocycles. The van der Waals surface area contributed by atoms with Crippen molar-refractivity contribution in [2.24, 2.45) is 0 Å². The Kier molecular flexibility index (Phi) is 6.36. The molecule has 0 aliphatic carbocycles. The Hall–Kier alpha value is -2.38. The number of rotatable bonds is 6. The second kappa shape index (κ2) is 8.75. The molecule has 0 N–H and O–H groups in total. The maximum atomic E-state index is 5.43. The summed E-state index contributed by atoms with van der Waals surface area (Å²) in [7, 11) is 5.14. The van der Waals surface area contributed by atoms with Gasteiger partial charge in [-0.15, -0.1) is 0 Å². The van der Waals surface area contributed by atoms with E-state index in [9.17, 15) is 0 Å². The minimum atomic E-state index is -1.78. The Bertz CT molecular complexity index is 854. The van der Waals surface area contributed by atoms with E-state index in [4.69, 9.17) is 14.2 Å². The first kappa shape index (κ1) is 20.4. The summed E-state index contributed by atoms with van der Waals surface area (Å²) >= 11 is -1.78. The van der Waals surface area contributed by atoms with E-state index in [0.29, 0.717) is 0 Å². The van der Waals surface area contributed by atoms with Crippen LogP contribution in [0.2, 0.25) is 0 Å². The Morgan fingerprint density at radius 3 is 1.00 bits per heavy atom. The molecule has 0 unspecified atom stereocenters. The third-order valence-electron chi connectivity index (χ3n) is 4.93. The molecule has 0 radical (unpaired) electrons. The molecule has 0 atom stereocenters. The number of ether oxygens (including phenoxy) is 3. The fraction of sp³-hybridized carbons (Fsp3) is 0.250. The van der Waals surface area contributed by atoms with Gasteiger partial charge in [0.15, 0.2) is 0 Å². The number of hydrogen-bond acceptors (Lipinski definition) is 3. The van der Waals surface area contributed by atoms with E-state index in [1.165, 1.54) is 29.7 Å². The number of hydrogen-bond donors (Lipinski definition) is 0. The molecule has 146 valence electrons. The van der Waals surface area contributed by atoms with Crippen molar-refractivity contribution in [2.45, 2.75) is 20.8 Å². The molecule has 3 aromatic rings. The first-order chi connectivity index (χ1) is 13.5. The fourth-order valence-corrected chi connectivity index (χ4v) is 9.07. The van der Waals surface area contributed by atoms with E-state index in [1.54, 1.807) is 21.3 Å². The molecule has 0 heterocycles. The molecule has 0 bridgehead atoms. The van der Waals surface area contributed by atoms with Crippen molar-refractivity contribution < 1.29 is 14.2 Å². The van der Waals surface area contributed by atoms with E-state index < -0.39 is 14.7 Å². The van der Waals surface area contributed by atoms with Crippen LogP contribution in [0.3, 0.4) is 0 Å². The quantitative estimate of drug-likeness (QED) is 0.554. The third-order valence-corrected chi connectivity index (χ3v) is 11.1. The van der Waals surface area contributed by atoms with Gasteiger partial charge in [-0.2, -0.15) is 0 Å². The van der Waals surface area contributed by atoms with Crippen LogP contribution in [-0.4, -0.2) is 36.0 Å². The van der Waals surface area contributed by atoms with E-state index in [0.717, 1.165) is 17.2 Å². The van der Waals surface area contributed by atoms with Gasteiger partial charge >= 0.3 is 173 Å². The van der Waals surface area contributed by atoms with E-state index in [-0.39, 0.29) is 0 Å². The van der Waals surface area contributed by atoms with E-state index in [1.807, 2.05) is 0 Å². The minimum absolute atomic E-state index is 0.896. The zero-order valence-corrected chi connectivity index (χ0v) is 19.2. The standard InChI is InChI=1S/C24H27AsO3/c1-16-13-19(26-4)7-10-22(16)25(23-11-8-20(27-5)14-17(23)2)24-12-9-21(28-6)15-18(24)3/h7-15H,1-6H3. The summed E-state index contributed by atoms with van der Waals surface area (Å²) in [5.41, 5.74) is 3.80. The second-order valence-electron chi connectivity index (χ2n) is 6.79. The molecule has 0 fully saturated rings. The maximum absolute atomic E-state index is 5.43. The van der Waals surface area contributed by atoms with Crippen molar-refractivity contribution in [1.82, 2.24) is 0 Å². The number of methoxy groups -OCH3 is 3. The molecule has 0 saturated heterocycles. The van der Waals surface area contributed by atoms with Crippen LogP contribution >= 0.6 is 0 Å². The topological polar surface area (TPSA) is 27.7 Å². The molecular weight excluding hydrogens is 411 g/mol. The fourth-order valence-electron chi connectivity index (χ4n) is 3.41. The summed E-state index contributed by atoms with van der Waals surface area (Å²) in [4.78, 5) is 0. The van der Waals surface area contributed by atoms with Crippen molar-refractivity contribution in [3.8, 4) is 17.2 Å². The molecule has 3 aromatic carbocycles. The van der Waals surface area contributed by atoms with Gasteiger partial charge in [0.25, 0.3) is 0 Å².